The predicted molar refractivity (Wildman–Crippen MR) is 82.0 cm³/mol. The first-order valence-electron chi connectivity index (χ1n) is 8.90. The van der Waals surface area contributed by atoms with Crippen molar-refractivity contribution in [1.29, 1.82) is 0 Å². The van der Waals surface area contributed by atoms with Crippen LogP contribution in [0.5, 0.6) is 0 Å². The quantitative estimate of drug-likeness (QED) is 0.534. The van der Waals surface area contributed by atoms with E-state index in [1.165, 1.54) is 38.5 Å². The van der Waals surface area contributed by atoms with Gasteiger partial charge < -0.3 is 9.47 Å². The van der Waals surface area contributed by atoms with E-state index >= 15 is 0 Å². The summed E-state index contributed by atoms with van der Waals surface area (Å²) in [6, 6.07) is 0. The Morgan fingerprint density at radius 1 is 0.955 bits per heavy atom. The van der Waals surface area contributed by atoms with Crippen molar-refractivity contribution in [2.45, 2.75) is 64.7 Å². The molecule has 0 spiro atoms. The van der Waals surface area contributed by atoms with Crippen molar-refractivity contribution < 1.29 is 19.1 Å². The molecule has 0 aliphatic heterocycles. The van der Waals surface area contributed by atoms with Gasteiger partial charge in [0.25, 0.3) is 0 Å². The summed E-state index contributed by atoms with van der Waals surface area (Å²) in [5.74, 6) is 1.86. The smallest absolute Gasteiger partial charge is 0.344 e. The van der Waals surface area contributed by atoms with Crippen LogP contribution in [0.25, 0.3) is 0 Å². The van der Waals surface area contributed by atoms with E-state index in [0.717, 1.165) is 30.6 Å². The Bertz CT molecular complexity index is 394. The number of carbonyl (C=O) groups is 2. The van der Waals surface area contributed by atoms with Crippen LogP contribution in [0.1, 0.15) is 64.7 Å². The van der Waals surface area contributed by atoms with Crippen LogP contribution in [-0.4, -0.2) is 25.2 Å². The van der Waals surface area contributed by atoms with Crippen molar-refractivity contribution in [2.24, 2.45) is 23.2 Å². The topological polar surface area (TPSA) is 52.6 Å². The van der Waals surface area contributed by atoms with Crippen LogP contribution in [0, 0.1) is 23.2 Å². The van der Waals surface area contributed by atoms with Gasteiger partial charge in [-0.15, -0.1) is 0 Å². The highest BCUT2D eigenvalue weighted by molar-refractivity contribution is 5.76. The lowest BCUT2D eigenvalue weighted by atomic mass is 9.49. The Morgan fingerprint density at radius 2 is 1.55 bits per heavy atom. The molecule has 22 heavy (non-hydrogen) atoms. The third kappa shape index (κ3) is 3.64. The highest BCUT2D eigenvalue weighted by Gasteiger charge is 2.51. The number of carbonyl (C=O) groups excluding carboxylic acids is 2. The first-order valence-corrected chi connectivity index (χ1v) is 8.90. The molecule has 0 saturated heterocycles. The molecule has 0 aromatic rings. The van der Waals surface area contributed by atoms with Gasteiger partial charge in [0.1, 0.15) is 0 Å². The van der Waals surface area contributed by atoms with E-state index in [1.807, 2.05) is 6.92 Å². The number of unbranched alkanes of at least 4 members (excludes halogenated alkanes) is 1. The van der Waals surface area contributed by atoms with Crippen molar-refractivity contribution in [3.63, 3.8) is 0 Å². The third-order valence-corrected chi connectivity index (χ3v) is 5.80. The molecule has 4 aliphatic carbocycles. The summed E-state index contributed by atoms with van der Waals surface area (Å²) in [5.41, 5.74) is 0.179. The first kappa shape index (κ1) is 15.8. The SMILES string of the molecule is CCCCOC(=O)COC(=O)CC12CC3CC(CC(C3)C1)C2. The van der Waals surface area contributed by atoms with Gasteiger partial charge in [-0.1, -0.05) is 13.3 Å². The number of ether oxygens (including phenoxy) is 2. The van der Waals surface area contributed by atoms with Crippen LogP contribution in [0.4, 0.5) is 0 Å². The van der Waals surface area contributed by atoms with Gasteiger partial charge >= 0.3 is 11.9 Å². The van der Waals surface area contributed by atoms with E-state index in [4.69, 9.17) is 9.47 Å². The number of esters is 2. The van der Waals surface area contributed by atoms with Crippen LogP contribution in [-0.2, 0) is 19.1 Å². The second-order valence-corrected chi connectivity index (χ2v) is 7.83. The summed E-state index contributed by atoms with van der Waals surface area (Å²) in [7, 11) is 0. The lowest BCUT2D eigenvalue weighted by molar-refractivity contribution is -0.163. The Hall–Kier alpha value is -1.06. The van der Waals surface area contributed by atoms with Gasteiger partial charge in [0, 0.05) is 0 Å². The van der Waals surface area contributed by atoms with Crippen molar-refractivity contribution in [2.75, 3.05) is 13.2 Å². The predicted octanol–water partition coefficient (Wildman–Crippen LogP) is 3.48. The molecule has 0 aromatic heterocycles. The lowest BCUT2D eigenvalue weighted by Crippen LogP contribution is -2.47. The van der Waals surface area contributed by atoms with E-state index in [2.05, 4.69) is 0 Å². The van der Waals surface area contributed by atoms with Crippen LogP contribution < -0.4 is 0 Å². The van der Waals surface area contributed by atoms with Gasteiger partial charge in [-0.25, -0.2) is 4.79 Å². The summed E-state index contributed by atoms with van der Waals surface area (Å²) in [4.78, 5) is 23.6. The standard InChI is InChI=1S/C18H28O4/c1-2-3-4-21-17(20)12-22-16(19)11-18-8-13-5-14(9-18)7-15(6-13)10-18/h13-15H,2-12H2,1H3. The minimum Gasteiger partial charge on any atom is -0.463 e. The maximum absolute atomic E-state index is 12.1. The summed E-state index contributed by atoms with van der Waals surface area (Å²) in [6.45, 7) is 2.23. The maximum Gasteiger partial charge on any atom is 0.344 e. The van der Waals surface area contributed by atoms with E-state index in [-0.39, 0.29) is 18.0 Å². The second-order valence-electron chi connectivity index (χ2n) is 7.83. The highest BCUT2D eigenvalue weighted by Crippen LogP contribution is 2.61. The zero-order valence-electron chi connectivity index (χ0n) is 13.6. The Morgan fingerprint density at radius 3 is 2.09 bits per heavy atom. The molecular weight excluding hydrogens is 280 g/mol. The van der Waals surface area contributed by atoms with Crippen LogP contribution in [0.2, 0.25) is 0 Å². The Kier molecular flexibility index (Phi) is 4.74. The van der Waals surface area contributed by atoms with E-state index < -0.39 is 5.97 Å². The largest absolute Gasteiger partial charge is 0.463 e. The molecule has 0 heterocycles. The van der Waals surface area contributed by atoms with Crippen molar-refractivity contribution in [3.8, 4) is 0 Å². The van der Waals surface area contributed by atoms with Crippen molar-refractivity contribution >= 4 is 11.9 Å². The molecule has 4 bridgehead atoms. The van der Waals surface area contributed by atoms with Gasteiger partial charge in [0.2, 0.25) is 0 Å². The maximum atomic E-state index is 12.1. The van der Waals surface area contributed by atoms with E-state index in [9.17, 15) is 9.59 Å². The molecule has 0 radical (unpaired) electrons. The minimum absolute atomic E-state index is 0.179. The molecule has 0 unspecified atom stereocenters. The third-order valence-electron chi connectivity index (χ3n) is 5.80. The molecule has 4 fully saturated rings. The molecule has 124 valence electrons. The van der Waals surface area contributed by atoms with Crippen LogP contribution in [0.3, 0.4) is 0 Å². The number of rotatable bonds is 7. The fraction of sp³-hybridized carbons (Fsp3) is 0.889. The van der Waals surface area contributed by atoms with E-state index in [1.54, 1.807) is 0 Å². The normalized spacial score (nSPS) is 35.4. The lowest BCUT2D eigenvalue weighted by Gasteiger charge is -2.56. The fourth-order valence-electron chi connectivity index (χ4n) is 5.38. The van der Waals surface area contributed by atoms with E-state index in [0.29, 0.717) is 13.0 Å². The van der Waals surface area contributed by atoms with Crippen LogP contribution >= 0.6 is 0 Å². The summed E-state index contributed by atoms with van der Waals surface area (Å²) in [6.07, 6.45) is 10.0. The van der Waals surface area contributed by atoms with Gasteiger partial charge in [-0.3, -0.25) is 4.79 Å². The second kappa shape index (κ2) is 6.59. The molecule has 4 saturated carbocycles. The minimum atomic E-state index is -0.424. The van der Waals surface area contributed by atoms with Crippen molar-refractivity contribution in [1.82, 2.24) is 0 Å². The Labute approximate surface area is 132 Å². The molecule has 4 rings (SSSR count). The average Bonchev–Trinajstić information content (AvgIpc) is 2.43. The van der Waals surface area contributed by atoms with Crippen LogP contribution in [0.15, 0.2) is 0 Å². The molecular formula is C18H28O4. The molecule has 4 heteroatoms. The zero-order chi connectivity index (χ0) is 15.6. The number of hydrogen-bond acceptors (Lipinski definition) is 4. The van der Waals surface area contributed by atoms with Crippen molar-refractivity contribution in [3.05, 3.63) is 0 Å². The molecule has 0 atom stereocenters. The molecule has 0 amide bonds. The number of hydrogen-bond donors (Lipinski definition) is 0. The summed E-state index contributed by atoms with van der Waals surface area (Å²) >= 11 is 0. The molecule has 4 aliphatic rings. The van der Waals surface area contributed by atoms with Gasteiger partial charge in [0.15, 0.2) is 6.61 Å². The first-order chi connectivity index (χ1) is 10.6. The van der Waals surface area contributed by atoms with Gasteiger partial charge in [0.05, 0.1) is 13.0 Å². The zero-order valence-corrected chi connectivity index (χ0v) is 13.6. The Balaban J connectivity index is 1.43. The molecule has 0 aromatic carbocycles. The molecule has 4 nitrogen and oxygen atoms in total. The summed E-state index contributed by atoms with van der Waals surface area (Å²) < 4.78 is 10.2. The monoisotopic (exact) mass is 308 g/mol. The molecule has 0 N–H and O–H groups in total. The average molecular weight is 308 g/mol. The fourth-order valence-corrected chi connectivity index (χ4v) is 5.38. The van der Waals surface area contributed by atoms with Gasteiger partial charge in [-0.05, 0) is 68.1 Å². The highest BCUT2D eigenvalue weighted by atomic mass is 16.6. The van der Waals surface area contributed by atoms with Gasteiger partial charge in [-0.2, -0.15) is 0 Å². The summed E-state index contributed by atoms with van der Waals surface area (Å²) in [5, 5.41) is 0.